The second kappa shape index (κ2) is 7.51. The van der Waals surface area contributed by atoms with Gasteiger partial charge in [-0.2, -0.15) is 0 Å². The number of rotatable bonds is 6. The summed E-state index contributed by atoms with van der Waals surface area (Å²) in [5, 5.41) is 0. The van der Waals surface area contributed by atoms with Crippen LogP contribution in [0.3, 0.4) is 0 Å². The molecule has 0 heterocycles. The largest absolute Gasteiger partial charge is 0.277 e. The lowest BCUT2D eigenvalue weighted by Gasteiger charge is -2.02. The molecular formula is C7H14N2O4. The first-order valence-electron chi connectivity index (χ1n) is 3.84. The molecule has 0 aliphatic rings. The predicted molar refractivity (Wildman–Crippen MR) is 44.2 cm³/mol. The molecule has 0 saturated carbocycles. The number of nitrogens with one attached hydrogen (secondary N) is 2. The van der Waals surface area contributed by atoms with E-state index in [1.54, 1.807) is 0 Å². The van der Waals surface area contributed by atoms with E-state index >= 15 is 0 Å². The van der Waals surface area contributed by atoms with Crippen LogP contribution in [0, 0.1) is 0 Å². The zero-order valence-corrected chi connectivity index (χ0v) is 7.75. The number of hydrogen-bond donors (Lipinski definition) is 2. The van der Waals surface area contributed by atoms with Crippen molar-refractivity contribution in [3.05, 3.63) is 0 Å². The molecule has 0 aromatic rings. The smallest absolute Gasteiger partial charge is 0.243 e. The molecule has 2 N–H and O–H groups in total. The molecule has 0 unspecified atom stereocenters. The zero-order valence-electron chi connectivity index (χ0n) is 7.75. The molecule has 0 bridgehead atoms. The van der Waals surface area contributed by atoms with Crippen LogP contribution in [0.25, 0.3) is 0 Å². The lowest BCUT2D eigenvalue weighted by Crippen LogP contribution is -2.24. The van der Waals surface area contributed by atoms with Crippen LogP contribution in [-0.4, -0.2) is 26.0 Å². The van der Waals surface area contributed by atoms with Gasteiger partial charge in [0, 0.05) is 12.8 Å². The van der Waals surface area contributed by atoms with Gasteiger partial charge >= 0.3 is 0 Å². The Morgan fingerprint density at radius 3 is 1.69 bits per heavy atom. The van der Waals surface area contributed by atoms with Crippen molar-refractivity contribution in [1.82, 2.24) is 11.0 Å². The lowest BCUT2D eigenvalue weighted by molar-refractivity contribution is -0.132. The minimum atomic E-state index is -0.243. The highest BCUT2D eigenvalue weighted by Crippen LogP contribution is 1.94. The average molecular weight is 190 g/mol. The Labute approximate surface area is 76.5 Å². The van der Waals surface area contributed by atoms with Crippen molar-refractivity contribution in [2.75, 3.05) is 14.2 Å². The molecule has 0 aromatic carbocycles. The van der Waals surface area contributed by atoms with Crippen LogP contribution < -0.4 is 11.0 Å². The van der Waals surface area contributed by atoms with Gasteiger partial charge in [0.1, 0.15) is 0 Å². The molecule has 13 heavy (non-hydrogen) atoms. The van der Waals surface area contributed by atoms with Crippen LogP contribution in [0.2, 0.25) is 0 Å². The van der Waals surface area contributed by atoms with Gasteiger partial charge in [0.15, 0.2) is 0 Å². The molecular weight excluding hydrogens is 176 g/mol. The third-order valence-electron chi connectivity index (χ3n) is 1.24. The fourth-order valence-corrected chi connectivity index (χ4v) is 0.739. The molecule has 6 nitrogen and oxygen atoms in total. The van der Waals surface area contributed by atoms with Crippen LogP contribution in [0.1, 0.15) is 19.3 Å². The van der Waals surface area contributed by atoms with Crippen molar-refractivity contribution in [3.63, 3.8) is 0 Å². The van der Waals surface area contributed by atoms with E-state index in [0.29, 0.717) is 6.42 Å². The van der Waals surface area contributed by atoms with Crippen LogP contribution in [0.4, 0.5) is 0 Å². The first-order chi connectivity index (χ1) is 6.20. The van der Waals surface area contributed by atoms with E-state index < -0.39 is 0 Å². The van der Waals surface area contributed by atoms with Crippen LogP contribution >= 0.6 is 0 Å². The Balaban J connectivity index is 3.33. The molecule has 0 fully saturated rings. The van der Waals surface area contributed by atoms with Crippen molar-refractivity contribution < 1.29 is 19.3 Å². The van der Waals surface area contributed by atoms with Gasteiger partial charge in [0.2, 0.25) is 11.8 Å². The molecule has 0 radical (unpaired) electrons. The Morgan fingerprint density at radius 1 is 1.00 bits per heavy atom. The Hall–Kier alpha value is -1.14. The van der Waals surface area contributed by atoms with E-state index in [1.165, 1.54) is 14.2 Å². The van der Waals surface area contributed by atoms with E-state index in [2.05, 4.69) is 20.6 Å². The topological polar surface area (TPSA) is 76.7 Å². The summed E-state index contributed by atoms with van der Waals surface area (Å²) < 4.78 is 0. The Morgan fingerprint density at radius 2 is 1.38 bits per heavy atom. The van der Waals surface area contributed by atoms with Gasteiger partial charge in [-0.1, -0.05) is 0 Å². The molecule has 0 aliphatic heterocycles. The van der Waals surface area contributed by atoms with E-state index in [1.807, 2.05) is 0 Å². The van der Waals surface area contributed by atoms with Gasteiger partial charge in [0.25, 0.3) is 0 Å². The first-order valence-corrected chi connectivity index (χ1v) is 3.84. The van der Waals surface area contributed by atoms with Crippen LogP contribution in [0.15, 0.2) is 0 Å². The number of amides is 2. The Bertz CT molecular complexity index is 154. The molecule has 0 atom stereocenters. The summed E-state index contributed by atoms with van der Waals surface area (Å²) >= 11 is 0. The maximum atomic E-state index is 10.8. The second-order valence-electron chi connectivity index (χ2n) is 2.31. The highest BCUT2D eigenvalue weighted by molar-refractivity contribution is 5.77. The van der Waals surface area contributed by atoms with Crippen LogP contribution in [0.5, 0.6) is 0 Å². The normalized spacial score (nSPS) is 9.38. The number of hydrogen-bond acceptors (Lipinski definition) is 4. The van der Waals surface area contributed by atoms with Gasteiger partial charge in [0.05, 0.1) is 14.2 Å². The predicted octanol–water partition coefficient (Wildman–Crippen LogP) is -0.488. The summed E-state index contributed by atoms with van der Waals surface area (Å²) in [5.74, 6) is -0.486. The molecule has 0 aliphatic carbocycles. The van der Waals surface area contributed by atoms with Gasteiger partial charge in [-0.3, -0.25) is 19.3 Å². The van der Waals surface area contributed by atoms with Gasteiger partial charge in [-0.15, -0.1) is 0 Å². The summed E-state index contributed by atoms with van der Waals surface area (Å²) in [7, 11) is 2.71. The van der Waals surface area contributed by atoms with E-state index in [9.17, 15) is 9.59 Å². The fourth-order valence-electron chi connectivity index (χ4n) is 0.739. The molecule has 0 rings (SSSR count). The van der Waals surface area contributed by atoms with Gasteiger partial charge in [-0.05, 0) is 6.42 Å². The molecule has 76 valence electrons. The standard InChI is InChI=1S/C7H14N2O4/c1-12-8-6(10)4-3-5-7(11)9-13-2/h3-5H2,1-2H3,(H,8,10)(H,9,11). The fraction of sp³-hybridized carbons (Fsp3) is 0.714. The van der Waals surface area contributed by atoms with Crippen molar-refractivity contribution in [2.45, 2.75) is 19.3 Å². The molecule has 6 heteroatoms. The quantitative estimate of drug-likeness (QED) is 0.554. The first kappa shape index (κ1) is 11.9. The zero-order chi connectivity index (χ0) is 10.1. The highest BCUT2D eigenvalue weighted by atomic mass is 16.6. The summed E-state index contributed by atoms with van der Waals surface area (Å²) in [4.78, 5) is 30.3. The summed E-state index contributed by atoms with van der Waals surface area (Å²) in [6, 6.07) is 0. The molecule has 0 saturated heterocycles. The van der Waals surface area contributed by atoms with E-state index in [0.717, 1.165) is 0 Å². The summed E-state index contributed by atoms with van der Waals surface area (Å²) in [6.07, 6.45) is 0.973. The molecule has 2 amide bonds. The maximum Gasteiger partial charge on any atom is 0.243 e. The van der Waals surface area contributed by atoms with Crippen molar-refractivity contribution >= 4 is 11.8 Å². The third-order valence-corrected chi connectivity index (χ3v) is 1.24. The summed E-state index contributed by atoms with van der Waals surface area (Å²) in [6.45, 7) is 0. The Kier molecular flexibility index (Phi) is 6.85. The van der Waals surface area contributed by atoms with E-state index in [-0.39, 0.29) is 24.7 Å². The van der Waals surface area contributed by atoms with Crippen molar-refractivity contribution in [2.24, 2.45) is 0 Å². The van der Waals surface area contributed by atoms with Crippen molar-refractivity contribution in [3.8, 4) is 0 Å². The second-order valence-corrected chi connectivity index (χ2v) is 2.31. The number of carbonyl (C=O) groups excluding carboxylic acids is 2. The SMILES string of the molecule is CONC(=O)CCCC(=O)NOC. The molecule has 0 aromatic heterocycles. The van der Waals surface area contributed by atoms with E-state index in [4.69, 9.17) is 0 Å². The van der Waals surface area contributed by atoms with Crippen LogP contribution in [-0.2, 0) is 19.3 Å². The number of carbonyl (C=O) groups is 2. The highest BCUT2D eigenvalue weighted by Gasteiger charge is 2.03. The average Bonchev–Trinajstić information content (AvgIpc) is 2.05. The summed E-state index contributed by atoms with van der Waals surface area (Å²) in [5.41, 5.74) is 4.30. The minimum absolute atomic E-state index is 0.243. The maximum absolute atomic E-state index is 10.8. The number of hydroxylamine groups is 2. The third kappa shape index (κ3) is 7.23. The van der Waals surface area contributed by atoms with Crippen molar-refractivity contribution in [1.29, 1.82) is 0 Å². The van der Waals surface area contributed by atoms with Gasteiger partial charge < -0.3 is 0 Å². The monoisotopic (exact) mass is 190 g/mol. The minimum Gasteiger partial charge on any atom is -0.277 e. The van der Waals surface area contributed by atoms with Gasteiger partial charge in [-0.25, -0.2) is 11.0 Å². The lowest BCUT2D eigenvalue weighted by atomic mass is 10.2. The molecule has 0 spiro atoms.